The molecule has 12 saturated carbocycles. The zero-order valence-corrected chi connectivity index (χ0v) is 85.5. The van der Waals surface area contributed by atoms with Gasteiger partial charge in [-0.2, -0.15) is 0 Å². The average molecular weight is 1960 g/mol. The Bertz CT molecular complexity index is 10000. The summed E-state index contributed by atoms with van der Waals surface area (Å²) in [5.74, 6) is 10.2. The minimum absolute atomic E-state index is 0.156. The number of nitrogens with zero attached hydrogens (tertiary/aromatic N) is 4. The Morgan fingerprint density at radius 2 is 0.507 bits per heavy atom. The molecule has 19 aromatic carbocycles. The quantitative estimate of drug-likeness (QED) is 0.152. The highest BCUT2D eigenvalue weighted by molar-refractivity contribution is 7.26. The van der Waals surface area contributed by atoms with E-state index in [0.717, 1.165) is 71.0 Å². The third-order valence-electron chi connectivity index (χ3n) is 40.9. The van der Waals surface area contributed by atoms with Crippen molar-refractivity contribution in [2.45, 2.75) is 113 Å². The maximum Gasteiger partial charge on any atom is 0.0547 e. The molecule has 6 heteroatoms. The zero-order valence-electron chi connectivity index (χ0n) is 83.9. The fraction of sp³-hybridized carbons (Fsp3) is 0.208. The van der Waals surface area contributed by atoms with Gasteiger partial charge < -0.3 is 18.3 Å². The second kappa shape index (κ2) is 31.5. The Balaban J connectivity index is 0.0000000943. The van der Waals surface area contributed by atoms with Gasteiger partial charge in [-0.1, -0.05) is 279 Å². The van der Waals surface area contributed by atoms with Gasteiger partial charge in [0, 0.05) is 122 Å². The average Bonchev–Trinajstić information content (AvgIpc) is 1.51. The molecule has 0 aliphatic heterocycles. The third-order valence-corrected chi connectivity index (χ3v) is 43.1. The van der Waals surface area contributed by atoms with E-state index in [2.05, 4.69) is 431 Å². The maximum atomic E-state index is 2.64. The number of rotatable bonds is 7. The van der Waals surface area contributed by atoms with Crippen LogP contribution >= 0.6 is 22.7 Å². The molecule has 6 heterocycles. The van der Waals surface area contributed by atoms with Crippen molar-refractivity contribution in [3.8, 4) is 89.5 Å². The Hall–Kier alpha value is -15.2. The normalized spacial score (nSPS) is 24.6. The fourth-order valence-electron chi connectivity index (χ4n) is 36.3. The van der Waals surface area contributed by atoms with Crippen LogP contribution in [0.15, 0.2) is 413 Å². The van der Waals surface area contributed by atoms with Gasteiger partial charge in [-0.3, -0.25) is 0 Å². The molecular weight excluding hydrogens is 1850 g/mol. The first-order valence-electron chi connectivity index (χ1n) is 56.0. The fourth-order valence-corrected chi connectivity index (χ4v) is 38.5. The summed E-state index contributed by atoms with van der Waals surface area (Å²) in [7, 11) is 0. The van der Waals surface area contributed by atoms with E-state index in [0.29, 0.717) is 0 Å². The molecule has 12 bridgehead atoms. The molecule has 3 spiro atoms. The summed E-state index contributed by atoms with van der Waals surface area (Å²) in [6, 6.07) is 158. The van der Waals surface area contributed by atoms with E-state index in [4.69, 9.17) is 0 Å². The van der Waals surface area contributed by atoms with Crippen molar-refractivity contribution in [3.63, 3.8) is 0 Å². The molecule has 0 atom stereocenters. The predicted octanol–water partition coefficient (Wildman–Crippen LogP) is 38.4. The van der Waals surface area contributed by atoms with Gasteiger partial charge in [0.1, 0.15) is 0 Å². The first-order valence-corrected chi connectivity index (χ1v) is 57.6. The second-order valence-corrected chi connectivity index (χ2v) is 49.7. The van der Waals surface area contributed by atoms with Crippen LogP contribution in [0.4, 0.5) is 0 Å². The van der Waals surface area contributed by atoms with Gasteiger partial charge in [-0.05, 0) is 395 Å². The predicted molar refractivity (Wildman–Crippen MR) is 629 cm³/mol. The molecule has 0 radical (unpaired) electrons. The first-order chi connectivity index (χ1) is 74.3. The second-order valence-electron chi connectivity index (χ2n) is 47.5. The lowest BCUT2D eigenvalue weighted by atomic mass is 9.43. The van der Waals surface area contributed by atoms with Crippen molar-refractivity contribution in [1.29, 1.82) is 0 Å². The first kappa shape index (κ1) is 84.7. The number of fused-ring (bicyclic) bond motifs is 27. The van der Waals surface area contributed by atoms with Crippen LogP contribution in [0.3, 0.4) is 0 Å². The lowest BCUT2D eigenvalue weighted by Crippen LogP contribution is -2.55. The lowest BCUT2D eigenvalue weighted by molar-refractivity contribution is -0.0399. The third kappa shape index (κ3) is 11.5. The minimum Gasteiger partial charge on any atom is -0.309 e. The number of para-hydroxylation sites is 5. The van der Waals surface area contributed by atoms with Crippen LogP contribution in [-0.4, -0.2) is 18.3 Å². The Morgan fingerprint density at radius 1 is 0.173 bits per heavy atom. The van der Waals surface area contributed by atoms with Gasteiger partial charge in [-0.15, -0.1) is 22.7 Å². The van der Waals surface area contributed by atoms with Crippen molar-refractivity contribution in [3.05, 3.63) is 446 Å². The van der Waals surface area contributed by atoms with Crippen LogP contribution in [0, 0.1) is 71.0 Å². The topological polar surface area (TPSA) is 19.7 Å². The van der Waals surface area contributed by atoms with Gasteiger partial charge in [-0.25, -0.2) is 0 Å². The van der Waals surface area contributed by atoms with Crippen LogP contribution in [0.25, 0.3) is 217 Å². The number of thiophene rings is 2. The zero-order chi connectivity index (χ0) is 97.4. The molecule has 4 nitrogen and oxygen atoms in total. The van der Waals surface area contributed by atoms with Gasteiger partial charge in [0.25, 0.3) is 0 Å². The summed E-state index contributed by atoms with van der Waals surface area (Å²) >= 11 is 3.79. The molecular formula is C144H110N4S2. The summed E-state index contributed by atoms with van der Waals surface area (Å²) in [4.78, 5) is 0. The Morgan fingerprint density at radius 3 is 1.05 bits per heavy atom. The van der Waals surface area contributed by atoms with Gasteiger partial charge in [0.05, 0.1) is 49.8 Å². The molecule has 15 aliphatic carbocycles. The molecule has 0 amide bonds. The maximum absolute atomic E-state index is 2.64. The Kier molecular flexibility index (Phi) is 17.8. The highest BCUT2D eigenvalue weighted by atomic mass is 32.1. The van der Waals surface area contributed by atoms with Gasteiger partial charge >= 0.3 is 0 Å². The molecule has 15 aliphatic rings. The highest BCUT2D eigenvalue weighted by Crippen LogP contribution is 2.74. The van der Waals surface area contributed by atoms with Gasteiger partial charge in [0.2, 0.25) is 0 Å². The number of hydrogen-bond donors (Lipinski definition) is 0. The number of benzene rings is 19. The molecule has 0 unspecified atom stereocenters. The monoisotopic (exact) mass is 1960 g/mol. The summed E-state index contributed by atoms with van der Waals surface area (Å²) < 4.78 is 15.6. The number of hydrogen-bond acceptors (Lipinski definition) is 2. The van der Waals surface area contributed by atoms with Crippen LogP contribution in [0.5, 0.6) is 0 Å². The Labute approximate surface area is 880 Å². The van der Waals surface area contributed by atoms with E-state index in [1.54, 1.807) is 33.4 Å². The molecule has 40 rings (SSSR count). The van der Waals surface area contributed by atoms with Crippen molar-refractivity contribution in [2.24, 2.45) is 71.0 Å². The van der Waals surface area contributed by atoms with Crippen molar-refractivity contribution >= 4 is 150 Å². The lowest BCUT2D eigenvalue weighted by Gasteiger charge is -2.61. The minimum atomic E-state index is 0.156. The van der Waals surface area contributed by atoms with E-state index >= 15 is 0 Å². The van der Waals surface area contributed by atoms with Crippen LogP contribution in [-0.2, 0) is 16.2 Å². The summed E-state index contributed by atoms with van der Waals surface area (Å²) in [6.07, 6.45) is 21.3. The molecule has 0 N–H and O–H groups in total. The van der Waals surface area contributed by atoms with E-state index in [9.17, 15) is 0 Å². The molecule has 0 saturated heterocycles. The smallest absolute Gasteiger partial charge is 0.0547 e. The summed E-state index contributed by atoms with van der Waals surface area (Å²) in [5.41, 5.74) is 42.2. The van der Waals surface area contributed by atoms with E-state index in [-0.39, 0.29) is 16.2 Å². The van der Waals surface area contributed by atoms with Crippen molar-refractivity contribution in [2.75, 3.05) is 0 Å². The van der Waals surface area contributed by atoms with Gasteiger partial charge in [0.15, 0.2) is 0 Å². The number of aromatic nitrogens is 4. The molecule has 150 heavy (non-hydrogen) atoms. The van der Waals surface area contributed by atoms with E-state index in [1.807, 2.05) is 22.7 Å². The molecule has 6 aromatic heterocycles. The highest BCUT2D eigenvalue weighted by Gasteiger charge is 2.65. The SMILES string of the molecule is c1ccc(-n2c3ccccc3c3cc(-c4ccc5c(c4)c4ccccc4n5-c4cccc5c4-c4ccccc4C54C5CC6CC(C5)CC4C6)ccc32)cc1.c1ccc2c(c1)-c1ccc(-n3c4ccccc4c4c(-c5ccc6sc7ccccc7c6c5)cccc43)cc1C21C2CC3CC(C2)CC1C3.c1ccc2c(c1)-c1ccc(-n3c4ccccc4c4c(-c5cccc6sc7ccccc7c56)cccc43)cc1C21C2CC3CC(C2)CC1C3. The molecule has 718 valence electrons. The molecule has 25 aromatic rings. The van der Waals surface area contributed by atoms with E-state index < -0.39 is 0 Å². The summed E-state index contributed by atoms with van der Waals surface area (Å²) in [6.45, 7) is 0. The standard InChI is InChI=1S/C52H40N2.2C46H35NS/c1-2-11-38(12-3-1)53-46-18-8-5-13-39(46)42-30-34(21-23-48(42)53)35-22-24-49-43(31-35)40-14-6-9-19-47(40)54(49)50-20-10-17-45-51(50)41-15-4-7-16-44(41)52(45)36-26-32-25-33(28-36)29-37(52)27-32;1-4-14-38-32(9-1)33-20-19-31(26-39(33)46(38)29-22-27-21-28(24-29)25-30(46)23-27)47-40-15-5-2-10-36(40)44-34(12-7-16-41(44)47)35-13-8-18-43-45(35)37-11-3-6-17-42(37)48-43;1-4-12-39-34(8-1)35-18-17-32(26-40(35)46(39)30-21-27-20-28(23-30)24-31(46)22-27)47-41-13-5-2-10-37(41)45-33(11-7-14-42(45)47)29-16-19-44-38(25-29)36-9-3-6-15-43(36)48-44/h1-24,30-33,36-37H,25-29H2;1-20,26-30H,21-25H2;1-19,25-28,30-31H,20-24H2. The van der Waals surface area contributed by atoms with Crippen LogP contribution in [0.2, 0.25) is 0 Å². The van der Waals surface area contributed by atoms with Crippen LogP contribution in [0.1, 0.15) is 130 Å². The van der Waals surface area contributed by atoms with Crippen molar-refractivity contribution in [1.82, 2.24) is 18.3 Å². The summed E-state index contributed by atoms with van der Waals surface area (Å²) in [5, 5.41) is 16.0. The van der Waals surface area contributed by atoms with Crippen molar-refractivity contribution < 1.29 is 0 Å². The molecule has 12 fully saturated rings. The van der Waals surface area contributed by atoms with Crippen LogP contribution < -0.4 is 0 Å². The largest absolute Gasteiger partial charge is 0.309 e. The van der Waals surface area contributed by atoms with E-state index in [1.165, 1.54) is 313 Å².